The number of nitrogens with zero attached hydrogens (tertiary/aromatic N) is 1. The minimum atomic E-state index is -0.548. The average Bonchev–Trinajstić information content (AvgIpc) is 2.49. The van der Waals surface area contributed by atoms with E-state index >= 15 is 0 Å². The third-order valence-electron chi connectivity index (χ3n) is 3.26. The molecule has 3 nitrogen and oxygen atoms in total. The van der Waals surface area contributed by atoms with E-state index in [4.69, 9.17) is 5.73 Å². The zero-order chi connectivity index (χ0) is 15.8. The van der Waals surface area contributed by atoms with E-state index in [9.17, 15) is 9.18 Å². The van der Waals surface area contributed by atoms with E-state index in [2.05, 4.69) is 11.8 Å². The Labute approximate surface area is 130 Å². The second kappa shape index (κ2) is 8.71. The number of hydrogen-bond acceptors (Lipinski definition) is 3. The van der Waals surface area contributed by atoms with E-state index in [1.165, 1.54) is 12.1 Å². The topological polar surface area (TPSA) is 46.3 Å². The van der Waals surface area contributed by atoms with Crippen LogP contribution >= 0.6 is 11.8 Å². The molecular formula is C16H21FN2OS. The lowest BCUT2D eigenvalue weighted by Gasteiger charge is -2.25. The summed E-state index contributed by atoms with van der Waals surface area (Å²) in [6.07, 6.45) is 2.90. The van der Waals surface area contributed by atoms with Gasteiger partial charge in [-0.3, -0.25) is 4.79 Å². The molecule has 1 aromatic carbocycles. The van der Waals surface area contributed by atoms with Gasteiger partial charge in [0.25, 0.3) is 5.91 Å². The van der Waals surface area contributed by atoms with Crippen molar-refractivity contribution in [1.29, 1.82) is 0 Å². The van der Waals surface area contributed by atoms with Crippen molar-refractivity contribution < 1.29 is 9.18 Å². The molecule has 0 aliphatic carbocycles. The number of carbonyl (C=O) groups is 1. The molecule has 114 valence electrons. The highest BCUT2D eigenvalue weighted by Gasteiger charge is 2.20. The van der Waals surface area contributed by atoms with Gasteiger partial charge in [0.05, 0.1) is 12.1 Å². The molecule has 0 saturated carbocycles. The van der Waals surface area contributed by atoms with Crippen LogP contribution in [0.3, 0.4) is 0 Å². The minimum absolute atomic E-state index is 0.0704. The fraction of sp³-hybridized carbons (Fsp3) is 0.438. The number of halogens is 1. The Kier molecular flexibility index (Phi) is 7.27. The third kappa shape index (κ3) is 5.07. The van der Waals surface area contributed by atoms with E-state index in [-0.39, 0.29) is 24.1 Å². The molecule has 0 aromatic heterocycles. The lowest BCUT2D eigenvalue weighted by atomic mass is 10.1. The molecule has 1 amide bonds. The molecular weight excluding hydrogens is 287 g/mol. The lowest BCUT2D eigenvalue weighted by Crippen LogP contribution is -2.35. The van der Waals surface area contributed by atoms with Gasteiger partial charge < -0.3 is 10.6 Å². The van der Waals surface area contributed by atoms with E-state index in [0.29, 0.717) is 5.56 Å². The second-order valence-electron chi connectivity index (χ2n) is 4.75. The van der Waals surface area contributed by atoms with Gasteiger partial charge >= 0.3 is 0 Å². The zero-order valence-corrected chi connectivity index (χ0v) is 13.5. The number of rotatable bonds is 5. The summed E-state index contributed by atoms with van der Waals surface area (Å²) in [5.74, 6) is 5.52. The van der Waals surface area contributed by atoms with Crippen molar-refractivity contribution in [1.82, 2.24) is 4.90 Å². The van der Waals surface area contributed by atoms with Crippen LogP contribution in [0.1, 0.15) is 29.3 Å². The first-order valence-corrected chi connectivity index (χ1v) is 8.15. The second-order valence-corrected chi connectivity index (χ2v) is 5.73. The smallest absolute Gasteiger partial charge is 0.256 e. The van der Waals surface area contributed by atoms with Crippen molar-refractivity contribution in [2.45, 2.75) is 19.4 Å². The number of nitrogens with two attached hydrogens (primary N) is 1. The maximum Gasteiger partial charge on any atom is 0.256 e. The van der Waals surface area contributed by atoms with Crippen LogP contribution in [-0.2, 0) is 0 Å². The van der Waals surface area contributed by atoms with Gasteiger partial charge in [0.2, 0.25) is 0 Å². The van der Waals surface area contributed by atoms with E-state index in [1.54, 1.807) is 29.8 Å². The molecule has 0 fully saturated rings. The van der Waals surface area contributed by atoms with Crippen LogP contribution in [0.4, 0.5) is 4.39 Å². The summed E-state index contributed by atoms with van der Waals surface area (Å²) in [7, 11) is 1.70. The van der Waals surface area contributed by atoms with Gasteiger partial charge in [-0.2, -0.15) is 11.8 Å². The average molecular weight is 308 g/mol. The highest BCUT2D eigenvalue weighted by atomic mass is 32.2. The highest BCUT2D eigenvalue weighted by molar-refractivity contribution is 7.98. The molecule has 0 aliphatic heterocycles. The number of benzene rings is 1. The van der Waals surface area contributed by atoms with Crippen molar-refractivity contribution in [2.75, 3.05) is 25.6 Å². The summed E-state index contributed by atoms with van der Waals surface area (Å²) in [5, 5.41) is 0. The monoisotopic (exact) mass is 308 g/mol. The van der Waals surface area contributed by atoms with Crippen LogP contribution in [0.5, 0.6) is 0 Å². The van der Waals surface area contributed by atoms with E-state index < -0.39 is 5.82 Å². The normalized spacial score (nSPS) is 11.5. The Hall–Kier alpha value is -1.51. The van der Waals surface area contributed by atoms with Crippen LogP contribution in [0.15, 0.2) is 18.2 Å². The lowest BCUT2D eigenvalue weighted by molar-refractivity contribution is 0.0736. The number of hydrogen-bond donors (Lipinski definition) is 1. The van der Waals surface area contributed by atoms with E-state index in [0.717, 1.165) is 12.2 Å². The van der Waals surface area contributed by atoms with Crippen LogP contribution in [0, 0.1) is 17.7 Å². The molecule has 0 radical (unpaired) electrons. The van der Waals surface area contributed by atoms with Crippen molar-refractivity contribution in [2.24, 2.45) is 5.73 Å². The molecule has 0 bridgehead atoms. The minimum Gasteiger partial charge on any atom is -0.339 e. The molecule has 5 heteroatoms. The molecule has 1 rings (SSSR count). The first-order valence-electron chi connectivity index (χ1n) is 6.75. The summed E-state index contributed by atoms with van der Waals surface area (Å²) in [6.45, 7) is 2.19. The standard InChI is InChI=1S/C16H21FN2OS/c1-12(8-10-21-3)19(2)16(20)14-7-6-13(5-4-9-18)11-15(14)17/h6-7,11-12H,8-10,18H2,1-3H3. The molecule has 0 saturated heterocycles. The molecule has 1 unspecified atom stereocenters. The number of thioether (sulfide) groups is 1. The highest BCUT2D eigenvalue weighted by Crippen LogP contribution is 2.15. The first kappa shape index (κ1) is 17.5. The van der Waals surface area contributed by atoms with Crippen molar-refractivity contribution in [3.63, 3.8) is 0 Å². The summed E-state index contributed by atoms with van der Waals surface area (Å²) in [4.78, 5) is 13.9. The summed E-state index contributed by atoms with van der Waals surface area (Å²) >= 11 is 1.73. The maximum absolute atomic E-state index is 14.1. The number of amides is 1. The molecule has 1 atom stereocenters. The number of carbonyl (C=O) groups excluding carboxylic acids is 1. The molecule has 0 aliphatic rings. The quantitative estimate of drug-likeness (QED) is 0.849. The Bertz CT molecular complexity index is 551. The zero-order valence-electron chi connectivity index (χ0n) is 12.6. The Balaban J connectivity index is 2.87. The van der Waals surface area contributed by atoms with Gasteiger partial charge in [0.1, 0.15) is 5.82 Å². The summed E-state index contributed by atoms with van der Waals surface area (Å²) < 4.78 is 14.1. The molecule has 1 aromatic rings. The SMILES string of the molecule is CSCCC(C)N(C)C(=O)c1ccc(C#CCN)cc1F. The third-order valence-corrected chi connectivity index (χ3v) is 3.90. The Morgan fingerprint density at radius 3 is 2.81 bits per heavy atom. The molecule has 2 N–H and O–H groups in total. The van der Waals surface area contributed by atoms with Crippen molar-refractivity contribution in [3.8, 4) is 11.8 Å². The molecule has 0 spiro atoms. The van der Waals surface area contributed by atoms with Crippen LogP contribution in [0.2, 0.25) is 0 Å². The van der Waals surface area contributed by atoms with Gasteiger partial charge in [-0.1, -0.05) is 11.8 Å². The van der Waals surface area contributed by atoms with Gasteiger partial charge in [-0.25, -0.2) is 4.39 Å². The van der Waals surface area contributed by atoms with Gasteiger partial charge in [0.15, 0.2) is 0 Å². The Morgan fingerprint density at radius 1 is 1.52 bits per heavy atom. The molecule has 0 heterocycles. The first-order chi connectivity index (χ1) is 10.0. The van der Waals surface area contributed by atoms with Crippen molar-refractivity contribution in [3.05, 3.63) is 35.1 Å². The van der Waals surface area contributed by atoms with Gasteiger partial charge in [0, 0.05) is 18.7 Å². The van der Waals surface area contributed by atoms with E-state index in [1.807, 2.05) is 13.2 Å². The van der Waals surface area contributed by atoms with Crippen LogP contribution in [0.25, 0.3) is 0 Å². The van der Waals surface area contributed by atoms with Gasteiger partial charge in [-0.15, -0.1) is 0 Å². The Morgan fingerprint density at radius 2 is 2.24 bits per heavy atom. The summed E-state index contributed by atoms with van der Waals surface area (Å²) in [5.41, 5.74) is 5.87. The largest absolute Gasteiger partial charge is 0.339 e. The van der Waals surface area contributed by atoms with Crippen LogP contribution in [-0.4, -0.2) is 42.4 Å². The molecule has 21 heavy (non-hydrogen) atoms. The van der Waals surface area contributed by atoms with Gasteiger partial charge in [-0.05, 0) is 43.6 Å². The van der Waals surface area contributed by atoms with Crippen molar-refractivity contribution >= 4 is 17.7 Å². The summed E-state index contributed by atoms with van der Waals surface area (Å²) in [6, 6.07) is 4.46. The maximum atomic E-state index is 14.1. The fourth-order valence-electron chi connectivity index (χ4n) is 1.79. The fourth-order valence-corrected chi connectivity index (χ4v) is 2.37. The predicted octanol–water partition coefficient (Wildman–Crippen LogP) is 2.35. The predicted molar refractivity (Wildman–Crippen MR) is 86.9 cm³/mol. The van der Waals surface area contributed by atoms with Crippen LogP contribution < -0.4 is 5.73 Å².